The third-order valence-electron chi connectivity index (χ3n) is 3.95. The van der Waals surface area contributed by atoms with Gasteiger partial charge in [-0.05, 0) is 36.5 Å². The van der Waals surface area contributed by atoms with E-state index in [0.717, 1.165) is 0 Å². The van der Waals surface area contributed by atoms with Crippen LogP contribution in [0.2, 0.25) is 0 Å². The predicted octanol–water partition coefficient (Wildman–Crippen LogP) is 0.550. The summed E-state index contributed by atoms with van der Waals surface area (Å²) in [5, 5.41) is 19.4. The number of aliphatic hydroxyl groups excluding tert-OH is 2. The van der Waals surface area contributed by atoms with Crippen LogP contribution in [0.3, 0.4) is 0 Å². The molecule has 2 N–H and O–H groups in total. The van der Waals surface area contributed by atoms with Crippen LogP contribution in [0.5, 0.6) is 0 Å². The second-order valence-corrected chi connectivity index (χ2v) is 4.47. The van der Waals surface area contributed by atoms with E-state index in [1.165, 1.54) is 6.42 Å². The molecule has 3 aliphatic rings. The van der Waals surface area contributed by atoms with Gasteiger partial charge < -0.3 is 10.2 Å². The van der Waals surface area contributed by atoms with Crippen LogP contribution in [0, 0.1) is 23.7 Å². The first-order valence-electron chi connectivity index (χ1n) is 4.82. The molecular weight excluding hydrogens is 152 g/mol. The molecular formula is C10H14O2. The zero-order chi connectivity index (χ0) is 8.29. The van der Waals surface area contributed by atoms with Gasteiger partial charge in [-0.25, -0.2) is 0 Å². The molecule has 6 atom stereocenters. The van der Waals surface area contributed by atoms with Crippen LogP contribution >= 0.6 is 0 Å². The van der Waals surface area contributed by atoms with Crippen LogP contribution in [-0.2, 0) is 0 Å². The maximum absolute atomic E-state index is 9.70. The van der Waals surface area contributed by atoms with Crippen LogP contribution in [0.25, 0.3) is 0 Å². The molecule has 0 saturated heterocycles. The summed E-state index contributed by atoms with van der Waals surface area (Å²) in [7, 11) is 0. The first-order valence-corrected chi connectivity index (χ1v) is 4.82. The van der Waals surface area contributed by atoms with Crippen LogP contribution in [-0.4, -0.2) is 22.4 Å². The molecule has 0 amide bonds. The lowest BCUT2D eigenvalue weighted by atomic mass is 9.84. The number of hydrogen-bond acceptors (Lipinski definition) is 2. The fourth-order valence-corrected chi connectivity index (χ4v) is 3.54. The van der Waals surface area contributed by atoms with Crippen LogP contribution < -0.4 is 0 Å². The molecule has 0 spiro atoms. The smallest absolute Gasteiger partial charge is 0.0602 e. The van der Waals surface area contributed by atoms with Crippen molar-refractivity contribution in [1.82, 2.24) is 0 Å². The Morgan fingerprint density at radius 2 is 1.33 bits per heavy atom. The van der Waals surface area contributed by atoms with Gasteiger partial charge in [0.05, 0.1) is 12.2 Å². The second kappa shape index (κ2) is 2.12. The minimum absolute atomic E-state index is 0.245. The van der Waals surface area contributed by atoms with E-state index in [9.17, 15) is 10.2 Å². The van der Waals surface area contributed by atoms with Gasteiger partial charge in [-0.1, -0.05) is 12.2 Å². The minimum atomic E-state index is -0.245. The van der Waals surface area contributed by atoms with E-state index in [1.807, 2.05) is 0 Å². The molecule has 0 aliphatic heterocycles. The largest absolute Gasteiger partial charge is 0.393 e. The Balaban J connectivity index is 1.98. The molecule has 2 bridgehead atoms. The van der Waals surface area contributed by atoms with Gasteiger partial charge in [-0.3, -0.25) is 0 Å². The SMILES string of the molecule is O[C@@H]1C[C@@H](O)[C@@H]2[C@H]1[C@@H]1C=C[C@H]2C1. The number of fused-ring (bicyclic) bond motifs is 5. The Hall–Kier alpha value is -0.340. The van der Waals surface area contributed by atoms with Crippen molar-refractivity contribution in [3.63, 3.8) is 0 Å². The summed E-state index contributed by atoms with van der Waals surface area (Å²) >= 11 is 0. The molecule has 0 aromatic heterocycles. The molecule has 0 unspecified atom stereocenters. The monoisotopic (exact) mass is 166 g/mol. The Kier molecular flexibility index (Phi) is 1.25. The van der Waals surface area contributed by atoms with E-state index in [-0.39, 0.29) is 12.2 Å². The van der Waals surface area contributed by atoms with E-state index < -0.39 is 0 Å². The summed E-state index contributed by atoms with van der Waals surface area (Å²) in [6.07, 6.45) is 5.74. The van der Waals surface area contributed by atoms with Gasteiger partial charge in [-0.2, -0.15) is 0 Å². The van der Waals surface area contributed by atoms with E-state index in [1.54, 1.807) is 0 Å². The van der Waals surface area contributed by atoms with Crippen molar-refractivity contribution in [1.29, 1.82) is 0 Å². The molecule has 2 fully saturated rings. The summed E-state index contributed by atoms with van der Waals surface area (Å²) in [5.41, 5.74) is 0. The Morgan fingerprint density at radius 1 is 0.833 bits per heavy atom. The van der Waals surface area contributed by atoms with Crippen molar-refractivity contribution < 1.29 is 10.2 Å². The maximum Gasteiger partial charge on any atom is 0.0602 e. The summed E-state index contributed by atoms with van der Waals surface area (Å²) in [6.45, 7) is 0. The van der Waals surface area contributed by atoms with Gasteiger partial charge in [0.25, 0.3) is 0 Å². The lowest BCUT2D eigenvalue weighted by Gasteiger charge is -2.23. The van der Waals surface area contributed by atoms with E-state index in [0.29, 0.717) is 30.1 Å². The van der Waals surface area contributed by atoms with E-state index >= 15 is 0 Å². The molecule has 0 heterocycles. The number of allylic oxidation sites excluding steroid dienone is 2. The van der Waals surface area contributed by atoms with Gasteiger partial charge in [-0.15, -0.1) is 0 Å². The van der Waals surface area contributed by atoms with Gasteiger partial charge in [0.1, 0.15) is 0 Å². The third kappa shape index (κ3) is 0.679. The van der Waals surface area contributed by atoms with Gasteiger partial charge in [0, 0.05) is 0 Å². The molecule has 3 rings (SSSR count). The lowest BCUT2D eigenvalue weighted by Crippen LogP contribution is -2.25. The molecule has 66 valence electrons. The highest BCUT2D eigenvalue weighted by Gasteiger charge is 2.54. The molecule has 0 radical (unpaired) electrons. The highest BCUT2D eigenvalue weighted by atomic mass is 16.3. The minimum Gasteiger partial charge on any atom is -0.393 e. The number of aliphatic hydroxyl groups is 2. The topological polar surface area (TPSA) is 40.5 Å². The van der Waals surface area contributed by atoms with Crippen molar-refractivity contribution in [3.8, 4) is 0 Å². The summed E-state index contributed by atoms with van der Waals surface area (Å²) < 4.78 is 0. The predicted molar refractivity (Wildman–Crippen MR) is 44.3 cm³/mol. The quantitative estimate of drug-likeness (QED) is 0.516. The molecule has 2 heteroatoms. The second-order valence-electron chi connectivity index (χ2n) is 4.47. The summed E-state index contributed by atoms with van der Waals surface area (Å²) in [4.78, 5) is 0. The fraction of sp³-hybridized carbons (Fsp3) is 0.800. The molecule has 0 aromatic carbocycles. The molecule has 0 aromatic rings. The first kappa shape index (κ1) is 7.10. The lowest BCUT2D eigenvalue weighted by molar-refractivity contribution is 0.108. The van der Waals surface area contributed by atoms with Crippen molar-refractivity contribution >= 4 is 0 Å². The highest BCUT2D eigenvalue weighted by Crippen LogP contribution is 2.55. The standard InChI is InChI=1S/C10H14O2/c11-7-4-8(12)10-6-2-1-5(3-6)9(7)10/h1-2,5-12H,3-4H2/t5-,6+,7-,8-,9+,10-/m1/s1. The molecule has 3 aliphatic carbocycles. The van der Waals surface area contributed by atoms with E-state index in [4.69, 9.17) is 0 Å². The average Bonchev–Trinajstić information content (AvgIpc) is 2.64. The van der Waals surface area contributed by atoms with Crippen molar-refractivity contribution in [2.75, 3.05) is 0 Å². The Labute approximate surface area is 71.9 Å². The van der Waals surface area contributed by atoms with Gasteiger partial charge in [0.15, 0.2) is 0 Å². The molecule has 12 heavy (non-hydrogen) atoms. The maximum atomic E-state index is 9.70. The number of hydrogen-bond donors (Lipinski definition) is 2. The summed E-state index contributed by atoms with van der Waals surface area (Å²) in [5.74, 6) is 1.87. The average molecular weight is 166 g/mol. The number of rotatable bonds is 0. The van der Waals surface area contributed by atoms with Crippen LogP contribution in [0.1, 0.15) is 12.8 Å². The van der Waals surface area contributed by atoms with Crippen LogP contribution in [0.4, 0.5) is 0 Å². The fourth-order valence-electron chi connectivity index (χ4n) is 3.54. The summed E-state index contributed by atoms with van der Waals surface area (Å²) in [6, 6.07) is 0. The van der Waals surface area contributed by atoms with E-state index in [2.05, 4.69) is 12.2 Å². The Bertz CT molecular complexity index is 214. The molecule has 2 saturated carbocycles. The zero-order valence-electron chi connectivity index (χ0n) is 6.93. The van der Waals surface area contributed by atoms with Gasteiger partial charge >= 0.3 is 0 Å². The first-order chi connectivity index (χ1) is 5.77. The van der Waals surface area contributed by atoms with Crippen molar-refractivity contribution in [2.45, 2.75) is 25.0 Å². The van der Waals surface area contributed by atoms with Crippen LogP contribution in [0.15, 0.2) is 12.2 Å². The van der Waals surface area contributed by atoms with Crippen molar-refractivity contribution in [2.24, 2.45) is 23.7 Å². The van der Waals surface area contributed by atoms with Gasteiger partial charge in [0.2, 0.25) is 0 Å². The highest BCUT2D eigenvalue weighted by molar-refractivity contribution is 5.18. The molecule has 2 nitrogen and oxygen atoms in total. The third-order valence-corrected chi connectivity index (χ3v) is 3.95. The Morgan fingerprint density at radius 3 is 1.83 bits per heavy atom. The normalized spacial score (nSPS) is 61.2. The zero-order valence-corrected chi connectivity index (χ0v) is 6.93. The van der Waals surface area contributed by atoms with Crippen molar-refractivity contribution in [3.05, 3.63) is 12.2 Å².